The van der Waals surface area contributed by atoms with Gasteiger partial charge in [-0.25, -0.2) is 13.2 Å². The van der Waals surface area contributed by atoms with Crippen molar-refractivity contribution < 1.29 is 18.3 Å². The smallest absolute Gasteiger partial charge is 0.407 e. The molecule has 0 unspecified atom stereocenters. The highest BCUT2D eigenvalue weighted by atomic mass is 32.2. The molecule has 148 valence electrons. The number of nitrogens with zero attached hydrogens (tertiary/aromatic N) is 3. The number of amides is 1. The molecule has 2 aliphatic heterocycles. The van der Waals surface area contributed by atoms with E-state index >= 15 is 0 Å². The fourth-order valence-electron chi connectivity index (χ4n) is 3.95. The summed E-state index contributed by atoms with van der Waals surface area (Å²) >= 11 is 0. The van der Waals surface area contributed by atoms with Crippen molar-refractivity contribution >= 4 is 21.8 Å². The molecule has 1 saturated heterocycles. The van der Waals surface area contributed by atoms with Crippen LogP contribution in [0.15, 0.2) is 53.4 Å². The first-order valence-corrected chi connectivity index (χ1v) is 10.8. The van der Waals surface area contributed by atoms with Gasteiger partial charge in [0, 0.05) is 45.0 Å². The van der Waals surface area contributed by atoms with Crippen molar-refractivity contribution in [3.05, 3.63) is 59.7 Å². The summed E-state index contributed by atoms with van der Waals surface area (Å²) in [6.45, 7) is 3.05. The van der Waals surface area contributed by atoms with Gasteiger partial charge in [0.15, 0.2) is 0 Å². The van der Waals surface area contributed by atoms with Crippen LogP contribution in [-0.2, 0) is 23.0 Å². The third-order valence-corrected chi connectivity index (χ3v) is 7.34. The number of benzene rings is 2. The predicted molar refractivity (Wildman–Crippen MR) is 106 cm³/mol. The largest absolute Gasteiger partial charge is 0.465 e. The number of rotatable bonds is 3. The molecule has 0 aromatic heterocycles. The monoisotopic (exact) mass is 401 g/mol. The van der Waals surface area contributed by atoms with Crippen LogP contribution in [-0.4, -0.2) is 61.5 Å². The molecule has 0 spiro atoms. The fraction of sp³-hybridized carbons (Fsp3) is 0.350. The van der Waals surface area contributed by atoms with Crippen molar-refractivity contribution in [2.75, 3.05) is 37.6 Å². The van der Waals surface area contributed by atoms with Gasteiger partial charge in [0.1, 0.15) is 0 Å². The third-order valence-electron chi connectivity index (χ3n) is 5.48. The van der Waals surface area contributed by atoms with E-state index in [0.29, 0.717) is 50.6 Å². The number of piperazine rings is 1. The molecule has 0 bridgehead atoms. The molecule has 7 nitrogen and oxygen atoms in total. The molecular weight excluding hydrogens is 378 g/mol. The second kappa shape index (κ2) is 7.44. The van der Waals surface area contributed by atoms with E-state index < -0.39 is 16.1 Å². The number of hydrogen-bond acceptors (Lipinski definition) is 4. The number of carboxylic acid groups (broad SMARTS) is 1. The van der Waals surface area contributed by atoms with Crippen LogP contribution >= 0.6 is 0 Å². The summed E-state index contributed by atoms with van der Waals surface area (Å²) in [6.07, 6.45) is -0.229. The Labute approximate surface area is 164 Å². The van der Waals surface area contributed by atoms with E-state index in [1.165, 1.54) is 14.8 Å². The summed E-state index contributed by atoms with van der Waals surface area (Å²) in [5, 5.41) is 9.13. The number of hydrogen-bond donors (Lipinski definition) is 1. The molecule has 1 amide bonds. The van der Waals surface area contributed by atoms with Gasteiger partial charge in [-0.2, -0.15) is 4.31 Å². The van der Waals surface area contributed by atoms with Crippen LogP contribution in [0.3, 0.4) is 0 Å². The molecule has 1 fully saturated rings. The highest BCUT2D eigenvalue weighted by molar-refractivity contribution is 7.89. The molecule has 4 rings (SSSR count). The van der Waals surface area contributed by atoms with E-state index in [2.05, 4.69) is 11.0 Å². The number of sulfonamides is 1. The van der Waals surface area contributed by atoms with Crippen LogP contribution in [0, 0.1) is 0 Å². The Kier molecular flexibility index (Phi) is 4.99. The molecule has 2 aromatic rings. The predicted octanol–water partition coefficient (Wildman–Crippen LogP) is 2.23. The van der Waals surface area contributed by atoms with Crippen molar-refractivity contribution in [2.45, 2.75) is 17.9 Å². The summed E-state index contributed by atoms with van der Waals surface area (Å²) in [5.41, 5.74) is 3.29. The van der Waals surface area contributed by atoms with Crippen molar-refractivity contribution in [1.82, 2.24) is 9.21 Å². The lowest BCUT2D eigenvalue weighted by Crippen LogP contribution is -2.48. The average molecular weight is 401 g/mol. The normalized spacial score (nSPS) is 18.0. The molecule has 0 aliphatic carbocycles. The van der Waals surface area contributed by atoms with E-state index in [-0.39, 0.29) is 0 Å². The average Bonchev–Trinajstić information content (AvgIpc) is 2.73. The summed E-state index contributed by atoms with van der Waals surface area (Å²) < 4.78 is 27.4. The number of carbonyl (C=O) groups is 1. The Balaban J connectivity index is 1.55. The quantitative estimate of drug-likeness (QED) is 0.853. The van der Waals surface area contributed by atoms with Crippen LogP contribution in [0.4, 0.5) is 10.5 Å². The Hall–Kier alpha value is -2.58. The van der Waals surface area contributed by atoms with Gasteiger partial charge in [-0.05, 0) is 35.7 Å². The summed E-state index contributed by atoms with van der Waals surface area (Å²) in [6, 6.07) is 14.5. The molecule has 2 aliphatic rings. The maximum absolute atomic E-state index is 12.9. The zero-order chi connectivity index (χ0) is 19.7. The van der Waals surface area contributed by atoms with Gasteiger partial charge in [0.2, 0.25) is 10.0 Å². The van der Waals surface area contributed by atoms with Gasteiger partial charge >= 0.3 is 6.09 Å². The Morgan fingerprint density at radius 1 is 0.893 bits per heavy atom. The maximum atomic E-state index is 12.9. The molecule has 0 radical (unpaired) electrons. The SMILES string of the molecule is O=C(O)N1CCN(c2cccc3c2CCN(S(=O)(=O)c2ccccc2)C3)CC1. The minimum absolute atomic E-state index is 0.319. The third kappa shape index (κ3) is 3.45. The summed E-state index contributed by atoms with van der Waals surface area (Å²) in [4.78, 5) is 15.1. The first-order valence-electron chi connectivity index (χ1n) is 9.35. The summed E-state index contributed by atoms with van der Waals surface area (Å²) in [5.74, 6) is 0. The van der Waals surface area contributed by atoms with Crippen LogP contribution in [0.25, 0.3) is 0 Å². The van der Waals surface area contributed by atoms with Crippen LogP contribution in [0.2, 0.25) is 0 Å². The second-order valence-corrected chi connectivity index (χ2v) is 9.01. The Bertz CT molecular complexity index is 970. The minimum atomic E-state index is -3.51. The number of fused-ring (bicyclic) bond motifs is 1. The first kappa shape index (κ1) is 18.8. The van der Waals surface area contributed by atoms with Gasteiger partial charge in [0.05, 0.1) is 4.90 Å². The van der Waals surface area contributed by atoms with Crippen LogP contribution < -0.4 is 4.90 Å². The fourth-order valence-corrected chi connectivity index (χ4v) is 5.38. The van der Waals surface area contributed by atoms with Gasteiger partial charge < -0.3 is 14.9 Å². The zero-order valence-corrected chi connectivity index (χ0v) is 16.3. The van der Waals surface area contributed by atoms with Crippen LogP contribution in [0.1, 0.15) is 11.1 Å². The van der Waals surface area contributed by atoms with E-state index in [1.54, 1.807) is 30.3 Å². The highest BCUT2D eigenvalue weighted by Gasteiger charge is 2.30. The lowest BCUT2D eigenvalue weighted by atomic mass is 9.98. The van der Waals surface area contributed by atoms with Gasteiger partial charge in [-0.1, -0.05) is 30.3 Å². The lowest BCUT2D eigenvalue weighted by Gasteiger charge is -2.37. The van der Waals surface area contributed by atoms with E-state index in [0.717, 1.165) is 11.3 Å². The van der Waals surface area contributed by atoms with Crippen molar-refractivity contribution in [2.24, 2.45) is 0 Å². The molecule has 28 heavy (non-hydrogen) atoms. The molecule has 0 atom stereocenters. The van der Waals surface area contributed by atoms with Gasteiger partial charge in [-0.3, -0.25) is 0 Å². The lowest BCUT2D eigenvalue weighted by molar-refractivity contribution is 0.142. The Morgan fingerprint density at radius 3 is 2.29 bits per heavy atom. The van der Waals surface area contributed by atoms with Crippen molar-refractivity contribution in [3.8, 4) is 0 Å². The van der Waals surface area contributed by atoms with E-state index in [1.807, 2.05) is 12.1 Å². The van der Waals surface area contributed by atoms with Gasteiger partial charge in [0.25, 0.3) is 0 Å². The number of anilines is 1. The molecule has 2 heterocycles. The molecule has 0 saturated carbocycles. The van der Waals surface area contributed by atoms with Crippen molar-refractivity contribution in [1.29, 1.82) is 0 Å². The highest BCUT2D eigenvalue weighted by Crippen LogP contribution is 2.32. The Morgan fingerprint density at radius 2 is 1.61 bits per heavy atom. The van der Waals surface area contributed by atoms with Crippen molar-refractivity contribution in [3.63, 3.8) is 0 Å². The minimum Gasteiger partial charge on any atom is -0.465 e. The molecule has 1 N–H and O–H groups in total. The second-order valence-electron chi connectivity index (χ2n) is 7.07. The molecular formula is C20H23N3O4S. The topological polar surface area (TPSA) is 81.2 Å². The maximum Gasteiger partial charge on any atom is 0.407 e. The zero-order valence-electron chi connectivity index (χ0n) is 15.5. The molecule has 2 aromatic carbocycles. The van der Waals surface area contributed by atoms with Crippen LogP contribution in [0.5, 0.6) is 0 Å². The molecule has 8 heteroatoms. The van der Waals surface area contributed by atoms with E-state index in [4.69, 9.17) is 5.11 Å². The summed E-state index contributed by atoms with van der Waals surface area (Å²) in [7, 11) is -3.51. The van der Waals surface area contributed by atoms with E-state index in [9.17, 15) is 13.2 Å². The van der Waals surface area contributed by atoms with Gasteiger partial charge in [-0.15, -0.1) is 0 Å². The first-order chi connectivity index (χ1) is 13.5. The standard InChI is InChI=1S/C20H23N3O4S/c24-20(25)22-13-11-21(12-14-22)19-8-4-5-16-15-23(10-9-18(16)19)28(26,27)17-6-2-1-3-7-17/h1-8H,9-15H2,(H,24,25).